The van der Waals surface area contributed by atoms with Crippen molar-refractivity contribution in [2.24, 2.45) is 27.9 Å². The predicted octanol–water partition coefficient (Wildman–Crippen LogP) is 5.26. The molecule has 1 aliphatic heterocycles. The van der Waals surface area contributed by atoms with E-state index >= 15 is 0 Å². The second-order valence-electron chi connectivity index (χ2n) is 16.1. The van der Waals surface area contributed by atoms with Crippen molar-refractivity contribution in [2.45, 2.75) is 166 Å². The Morgan fingerprint density at radius 3 is 1.73 bits per heavy atom. The zero-order valence-electron chi connectivity index (χ0n) is 32.8. The van der Waals surface area contributed by atoms with E-state index in [1.54, 1.807) is 20.8 Å². The van der Waals surface area contributed by atoms with Gasteiger partial charge in [0, 0.05) is 6.54 Å². The van der Waals surface area contributed by atoms with Crippen molar-refractivity contribution < 1.29 is 33.5 Å². The highest BCUT2D eigenvalue weighted by Crippen LogP contribution is 2.31. The summed E-state index contributed by atoms with van der Waals surface area (Å²) in [4.78, 5) is 79.3. The number of likely N-dealkylation sites (tertiary alicyclic amines) is 1. The lowest BCUT2D eigenvalue weighted by Crippen LogP contribution is -2.62. The van der Waals surface area contributed by atoms with Crippen molar-refractivity contribution in [1.82, 2.24) is 20.9 Å². The summed E-state index contributed by atoms with van der Waals surface area (Å²) in [5.74, 6) is -3.28. The van der Waals surface area contributed by atoms with Gasteiger partial charge < -0.3 is 31.3 Å². The molecule has 1 heterocycles. The van der Waals surface area contributed by atoms with E-state index in [1.807, 2.05) is 55.4 Å². The number of nitrogens with two attached hydrogens (primary N) is 1. The van der Waals surface area contributed by atoms with Gasteiger partial charge in [-0.1, -0.05) is 116 Å². The van der Waals surface area contributed by atoms with Crippen molar-refractivity contribution in [1.29, 1.82) is 0 Å². The van der Waals surface area contributed by atoms with E-state index in [0.29, 0.717) is 19.3 Å². The van der Waals surface area contributed by atoms with Crippen molar-refractivity contribution in [3.05, 3.63) is 0 Å². The highest BCUT2D eigenvalue weighted by molar-refractivity contribution is 6.37. The number of amides is 5. The number of nitrogens with one attached hydrogen (secondary N) is 3. The molecule has 0 bridgehead atoms. The fourth-order valence-corrected chi connectivity index (χ4v) is 5.24. The maximum absolute atomic E-state index is 13.9. The Balaban J connectivity index is 0.00000435. The second-order valence-corrected chi connectivity index (χ2v) is 16.1. The summed E-state index contributed by atoms with van der Waals surface area (Å²) in [6.45, 7) is 25.5. The molecule has 12 heteroatoms. The lowest BCUT2D eigenvalue weighted by atomic mass is 9.80. The van der Waals surface area contributed by atoms with Crippen LogP contribution in [0, 0.1) is 22.2 Å². The minimum atomic E-state index is -1.11. The first-order valence-electron chi connectivity index (χ1n) is 18.3. The van der Waals surface area contributed by atoms with Gasteiger partial charge in [-0.05, 0) is 47.8 Å². The topological polar surface area (TPSA) is 177 Å². The van der Waals surface area contributed by atoms with Gasteiger partial charge in [0.25, 0.3) is 5.91 Å². The van der Waals surface area contributed by atoms with Crippen molar-refractivity contribution in [2.75, 3.05) is 13.2 Å². The number of Topliss-reactive ketones (excluding diaryl/α,β-unsaturated/α-hetero) is 1. The first-order valence-corrected chi connectivity index (χ1v) is 18.3. The van der Waals surface area contributed by atoms with E-state index < -0.39 is 70.5 Å². The summed E-state index contributed by atoms with van der Waals surface area (Å²) in [7, 11) is 0. The van der Waals surface area contributed by atoms with E-state index in [0.717, 1.165) is 25.7 Å². The summed E-state index contributed by atoms with van der Waals surface area (Å²) in [6.07, 6.45) is 6.17. The Morgan fingerprint density at radius 2 is 1.31 bits per heavy atom. The van der Waals surface area contributed by atoms with Crippen LogP contribution >= 0.6 is 0 Å². The van der Waals surface area contributed by atoms with Crippen molar-refractivity contribution in [3.63, 3.8) is 0 Å². The number of primary amides is 1. The summed E-state index contributed by atoms with van der Waals surface area (Å²) in [5.41, 5.74) is 3.61. The number of nitrogens with zero attached hydrogens (tertiary/aromatic N) is 1. The van der Waals surface area contributed by atoms with Crippen LogP contribution in [0.3, 0.4) is 0 Å². The van der Waals surface area contributed by atoms with E-state index in [1.165, 1.54) is 11.3 Å². The number of carbonyl (C=O) groups excluding carboxylic acids is 6. The predicted molar refractivity (Wildman–Crippen MR) is 193 cm³/mol. The normalized spacial score (nSPS) is 18.1. The van der Waals surface area contributed by atoms with Gasteiger partial charge in [0.1, 0.15) is 18.1 Å². The second kappa shape index (κ2) is 20.5. The molecule has 0 aromatic carbocycles. The molecule has 1 saturated heterocycles. The van der Waals surface area contributed by atoms with Crippen LogP contribution in [0.2, 0.25) is 0 Å². The third-order valence-electron chi connectivity index (χ3n) is 8.84. The molecule has 2 fully saturated rings. The number of rotatable bonds is 13. The van der Waals surface area contributed by atoms with Crippen LogP contribution in [0.5, 0.6) is 0 Å². The molecule has 5 N–H and O–H groups in total. The maximum atomic E-state index is 13.9. The van der Waals surface area contributed by atoms with Crippen LogP contribution in [-0.4, -0.2) is 77.7 Å². The van der Waals surface area contributed by atoms with Gasteiger partial charge in [-0.2, -0.15) is 0 Å². The van der Waals surface area contributed by atoms with Crippen LogP contribution < -0.4 is 21.7 Å². The molecule has 0 spiro atoms. The first kappa shape index (κ1) is 45.8. The number of urea groups is 1. The molecule has 5 amide bonds. The molecule has 49 heavy (non-hydrogen) atoms. The number of ketones is 1. The standard InChI is InChI=1S/C32H55N5O7.C3H8.C2H6/c1-10-32(8,9)18-44-28(42)24(31(5,6)7)36-29(43)35-23(30(2,3)4)27(41)37-16-12-15-21(37)26(40)34-20(22(38)25(33)39)17-19-13-11-14-19;1-3-2;1-2/h19-21,23-24H,10-18H2,1-9H3,(H2,33,39)(H,34,40)(H2,35,36,43);3H2,1-2H3;1-2H3. The number of hydrogen-bond donors (Lipinski definition) is 4. The zero-order chi connectivity index (χ0) is 38.3. The molecule has 4 unspecified atom stereocenters. The lowest BCUT2D eigenvalue weighted by Gasteiger charge is -2.37. The van der Waals surface area contributed by atoms with Gasteiger partial charge in [0.15, 0.2) is 0 Å². The van der Waals surface area contributed by atoms with Gasteiger partial charge in [0.05, 0.1) is 12.6 Å². The van der Waals surface area contributed by atoms with Gasteiger partial charge in [-0.25, -0.2) is 9.59 Å². The molecule has 284 valence electrons. The highest BCUT2D eigenvalue weighted by Gasteiger charge is 2.44. The van der Waals surface area contributed by atoms with Gasteiger partial charge in [-0.3, -0.25) is 19.2 Å². The lowest BCUT2D eigenvalue weighted by molar-refractivity contribution is -0.151. The monoisotopic (exact) mass is 696 g/mol. The van der Waals surface area contributed by atoms with Crippen molar-refractivity contribution in [3.8, 4) is 0 Å². The number of carbonyl (C=O) groups is 6. The average Bonchev–Trinajstić information content (AvgIpc) is 3.48. The van der Waals surface area contributed by atoms with Crippen LogP contribution in [0.15, 0.2) is 0 Å². The highest BCUT2D eigenvalue weighted by atomic mass is 16.5. The van der Waals surface area contributed by atoms with E-state index in [4.69, 9.17) is 10.5 Å². The smallest absolute Gasteiger partial charge is 0.329 e. The number of hydrogen-bond acceptors (Lipinski definition) is 7. The number of esters is 1. The van der Waals surface area contributed by atoms with Crippen LogP contribution in [0.1, 0.15) is 141 Å². The van der Waals surface area contributed by atoms with E-state index in [-0.39, 0.29) is 24.5 Å². The molecule has 2 aliphatic rings. The fourth-order valence-electron chi connectivity index (χ4n) is 5.24. The third-order valence-corrected chi connectivity index (χ3v) is 8.84. The Bertz CT molecular complexity index is 1110. The summed E-state index contributed by atoms with van der Waals surface area (Å²) < 4.78 is 5.57. The maximum Gasteiger partial charge on any atom is 0.329 e. The molecule has 0 aromatic rings. The quantitative estimate of drug-likeness (QED) is 0.150. The molecule has 1 saturated carbocycles. The minimum absolute atomic E-state index is 0.201. The van der Waals surface area contributed by atoms with E-state index in [2.05, 4.69) is 29.8 Å². The molecule has 2 rings (SSSR count). The molecule has 1 aliphatic carbocycles. The summed E-state index contributed by atoms with van der Waals surface area (Å²) in [5, 5.41) is 8.16. The van der Waals surface area contributed by atoms with Crippen LogP contribution in [-0.2, 0) is 28.7 Å². The SMILES string of the molecule is CC.CCC.CCC(C)(C)COC(=O)C(NC(=O)NC(C(=O)N1CCCC1C(=O)NC(CC1CCC1)C(=O)C(N)=O)C(C)(C)C)C(C)(C)C. The Labute approximate surface area is 296 Å². The largest absolute Gasteiger partial charge is 0.464 e. The molecule has 4 atom stereocenters. The van der Waals surface area contributed by atoms with Crippen LogP contribution in [0.4, 0.5) is 4.79 Å². The molecule has 12 nitrogen and oxygen atoms in total. The average molecular weight is 696 g/mol. The van der Waals surface area contributed by atoms with Crippen LogP contribution in [0.25, 0.3) is 0 Å². The van der Waals surface area contributed by atoms with Crippen molar-refractivity contribution >= 4 is 35.5 Å². The third kappa shape index (κ3) is 15.1. The van der Waals surface area contributed by atoms with E-state index in [9.17, 15) is 28.8 Å². The minimum Gasteiger partial charge on any atom is -0.464 e. The number of ether oxygens (including phenoxy) is 1. The first-order chi connectivity index (χ1) is 22.6. The summed E-state index contributed by atoms with van der Waals surface area (Å²) in [6, 6.07) is -4.64. The Morgan fingerprint density at radius 1 is 0.796 bits per heavy atom. The van der Waals surface area contributed by atoms with Gasteiger partial charge in [0.2, 0.25) is 17.6 Å². The summed E-state index contributed by atoms with van der Waals surface area (Å²) >= 11 is 0. The molecule has 0 aromatic heterocycles. The van der Waals surface area contributed by atoms with Gasteiger partial charge in [-0.15, -0.1) is 0 Å². The zero-order valence-corrected chi connectivity index (χ0v) is 32.8. The molecular formula is C37H69N5O7. The Kier molecular flexibility index (Phi) is 19.2. The van der Waals surface area contributed by atoms with Gasteiger partial charge >= 0.3 is 12.0 Å². The molecular weight excluding hydrogens is 626 g/mol. The molecule has 0 radical (unpaired) electrons. The Hall–Kier alpha value is -3.18. The fraction of sp³-hybridized carbons (Fsp3) is 0.838.